The number of hydrogen-bond acceptors (Lipinski definition) is 4. The molecule has 0 saturated carbocycles. The van der Waals surface area contributed by atoms with E-state index in [1.807, 2.05) is 0 Å². The summed E-state index contributed by atoms with van der Waals surface area (Å²) in [6.07, 6.45) is 11.4. The Balaban J connectivity index is 2.29. The zero-order valence-corrected chi connectivity index (χ0v) is 18.2. The highest BCUT2D eigenvalue weighted by atomic mass is 16.6. The maximum absolute atomic E-state index is 11.6. The second-order valence-electron chi connectivity index (χ2n) is 9.15. The lowest BCUT2D eigenvalue weighted by atomic mass is 9.84. The van der Waals surface area contributed by atoms with E-state index in [0.717, 1.165) is 25.7 Å². The van der Waals surface area contributed by atoms with Crippen molar-refractivity contribution >= 4 is 5.97 Å². The lowest BCUT2D eigenvalue weighted by Crippen LogP contribution is -2.32. The fourth-order valence-electron chi connectivity index (χ4n) is 4.03. The first-order valence-electron chi connectivity index (χ1n) is 10.3. The van der Waals surface area contributed by atoms with Gasteiger partial charge in [0.25, 0.3) is 0 Å². The Morgan fingerprint density at radius 2 is 2.00 bits per heavy atom. The molecule has 0 aromatic carbocycles. The smallest absolute Gasteiger partial charge is 0.303 e. The molecule has 4 heteroatoms. The van der Waals surface area contributed by atoms with E-state index in [1.165, 1.54) is 12.5 Å². The summed E-state index contributed by atoms with van der Waals surface area (Å²) in [7, 11) is 1.73. The molecule has 1 heterocycles. The van der Waals surface area contributed by atoms with Gasteiger partial charge in [0.2, 0.25) is 0 Å². The molecular weight excluding hydrogens is 340 g/mol. The third kappa shape index (κ3) is 6.46. The van der Waals surface area contributed by atoms with Gasteiger partial charge >= 0.3 is 5.97 Å². The highest BCUT2D eigenvalue weighted by molar-refractivity contribution is 5.66. The molecule has 0 amide bonds. The zero-order chi connectivity index (χ0) is 20.2. The summed E-state index contributed by atoms with van der Waals surface area (Å²) in [5.41, 5.74) is 0.778. The van der Waals surface area contributed by atoms with Crippen LogP contribution in [0.1, 0.15) is 73.6 Å². The molecule has 0 unspecified atom stereocenters. The zero-order valence-electron chi connectivity index (χ0n) is 18.2. The molecule has 0 spiro atoms. The van der Waals surface area contributed by atoms with Crippen LogP contribution in [0.4, 0.5) is 0 Å². The fraction of sp³-hybridized carbons (Fsp3) is 0.783. The van der Waals surface area contributed by atoms with Crippen LogP contribution in [-0.4, -0.2) is 36.5 Å². The number of carbonyl (C=O) groups is 1. The van der Waals surface area contributed by atoms with E-state index in [0.29, 0.717) is 24.4 Å². The fourth-order valence-corrected chi connectivity index (χ4v) is 4.03. The van der Waals surface area contributed by atoms with Crippen molar-refractivity contribution in [1.82, 2.24) is 0 Å². The predicted molar refractivity (Wildman–Crippen MR) is 109 cm³/mol. The second-order valence-corrected chi connectivity index (χ2v) is 9.15. The standard InChI is InChI=1S/C23H38O4/c1-16(2)19-10-12-22(5,25-7)15-20(26-18(4)24)14-17(3)8-9-21-23(6,27-21)13-11-19/h10,12,14,16,19-21H,8-9,11,13,15H2,1-7H3/b12-10+,17-14+/t19-,20-,21+,22-,23-/m0/s1. The summed E-state index contributed by atoms with van der Waals surface area (Å²) < 4.78 is 17.5. The maximum atomic E-state index is 11.6. The van der Waals surface area contributed by atoms with Gasteiger partial charge in [0, 0.05) is 20.5 Å². The Hall–Kier alpha value is -1.13. The average Bonchev–Trinajstić information content (AvgIpc) is 3.21. The molecule has 2 aliphatic rings. The van der Waals surface area contributed by atoms with E-state index >= 15 is 0 Å². The average molecular weight is 379 g/mol. The predicted octanol–water partition coefficient (Wildman–Crippen LogP) is 5.22. The van der Waals surface area contributed by atoms with Crippen LogP contribution in [0.25, 0.3) is 0 Å². The number of fused-ring (bicyclic) bond motifs is 1. The van der Waals surface area contributed by atoms with Crippen LogP contribution in [-0.2, 0) is 19.0 Å². The molecule has 0 radical (unpaired) electrons. The van der Waals surface area contributed by atoms with Gasteiger partial charge in [0.1, 0.15) is 6.10 Å². The largest absolute Gasteiger partial charge is 0.458 e. The molecule has 1 saturated heterocycles. The Bertz CT molecular complexity index is 579. The quantitative estimate of drug-likeness (QED) is 0.384. The molecule has 27 heavy (non-hydrogen) atoms. The normalized spacial score (nSPS) is 41.0. The summed E-state index contributed by atoms with van der Waals surface area (Å²) >= 11 is 0. The minimum atomic E-state index is -0.476. The molecule has 1 aliphatic heterocycles. The van der Waals surface area contributed by atoms with Crippen molar-refractivity contribution in [3.05, 3.63) is 23.8 Å². The molecule has 4 nitrogen and oxygen atoms in total. The summed E-state index contributed by atoms with van der Waals surface area (Å²) in [4.78, 5) is 11.6. The maximum Gasteiger partial charge on any atom is 0.303 e. The molecule has 0 bridgehead atoms. The number of ether oxygens (including phenoxy) is 3. The highest BCUT2D eigenvalue weighted by Crippen LogP contribution is 2.45. The third-order valence-corrected chi connectivity index (χ3v) is 6.22. The van der Waals surface area contributed by atoms with Crippen LogP contribution in [0.3, 0.4) is 0 Å². The minimum absolute atomic E-state index is 0.0191. The van der Waals surface area contributed by atoms with Crippen molar-refractivity contribution in [2.24, 2.45) is 11.8 Å². The number of allylic oxidation sites excluding steroid dienone is 2. The van der Waals surface area contributed by atoms with Crippen molar-refractivity contribution in [1.29, 1.82) is 0 Å². The molecule has 0 aromatic heterocycles. The highest BCUT2D eigenvalue weighted by Gasteiger charge is 2.51. The van der Waals surface area contributed by atoms with Crippen LogP contribution in [0.5, 0.6) is 0 Å². The number of carbonyl (C=O) groups excluding carboxylic acids is 1. The first-order valence-corrected chi connectivity index (χ1v) is 10.3. The molecule has 0 aromatic rings. The topological polar surface area (TPSA) is 48.1 Å². The van der Waals surface area contributed by atoms with Gasteiger partial charge in [0.15, 0.2) is 0 Å². The number of hydrogen-bond donors (Lipinski definition) is 0. The van der Waals surface area contributed by atoms with Crippen molar-refractivity contribution in [2.75, 3.05) is 7.11 Å². The van der Waals surface area contributed by atoms with Gasteiger partial charge < -0.3 is 14.2 Å². The molecule has 2 rings (SSSR count). The molecule has 1 aliphatic carbocycles. The van der Waals surface area contributed by atoms with Crippen LogP contribution in [0.2, 0.25) is 0 Å². The van der Waals surface area contributed by atoms with Crippen molar-refractivity contribution < 1.29 is 19.0 Å². The first-order chi connectivity index (χ1) is 12.6. The Labute approximate surface area is 165 Å². The molecule has 154 valence electrons. The number of epoxide rings is 1. The van der Waals surface area contributed by atoms with E-state index in [-0.39, 0.29) is 17.7 Å². The molecule has 1 fully saturated rings. The SMILES string of the molecule is CO[C@@]1(C)/C=C/[C@H](C(C)C)CC[C@]2(C)O[C@@H]2CC/C(C)=C/[C@H](OC(C)=O)C1. The lowest BCUT2D eigenvalue weighted by Gasteiger charge is -2.29. The molecule has 5 atom stereocenters. The number of methoxy groups -OCH3 is 1. The molecule has 0 N–H and O–H groups in total. The van der Waals surface area contributed by atoms with E-state index in [4.69, 9.17) is 14.2 Å². The van der Waals surface area contributed by atoms with Gasteiger partial charge in [-0.05, 0) is 64.4 Å². The van der Waals surface area contributed by atoms with Crippen LogP contribution in [0, 0.1) is 11.8 Å². The van der Waals surface area contributed by atoms with Crippen LogP contribution in [0.15, 0.2) is 23.8 Å². The van der Waals surface area contributed by atoms with Gasteiger partial charge in [-0.15, -0.1) is 0 Å². The van der Waals surface area contributed by atoms with E-state index < -0.39 is 5.60 Å². The Morgan fingerprint density at radius 1 is 1.30 bits per heavy atom. The second kappa shape index (κ2) is 8.91. The van der Waals surface area contributed by atoms with Crippen molar-refractivity contribution in [3.8, 4) is 0 Å². The lowest BCUT2D eigenvalue weighted by molar-refractivity contribution is -0.146. The van der Waals surface area contributed by atoms with Gasteiger partial charge in [-0.2, -0.15) is 0 Å². The van der Waals surface area contributed by atoms with E-state index in [9.17, 15) is 4.79 Å². The number of esters is 1. The van der Waals surface area contributed by atoms with Crippen molar-refractivity contribution in [2.45, 2.75) is 97.1 Å². The van der Waals surface area contributed by atoms with Gasteiger partial charge in [-0.25, -0.2) is 0 Å². The minimum Gasteiger partial charge on any atom is -0.458 e. The Kier molecular flexibility index (Phi) is 7.32. The monoisotopic (exact) mass is 378 g/mol. The number of rotatable bonds is 3. The van der Waals surface area contributed by atoms with Gasteiger partial charge in [0.05, 0.1) is 17.3 Å². The van der Waals surface area contributed by atoms with E-state index in [2.05, 4.69) is 52.8 Å². The summed E-state index contributed by atoms with van der Waals surface area (Å²) in [6, 6.07) is 0. The van der Waals surface area contributed by atoms with Gasteiger partial charge in [-0.1, -0.05) is 31.6 Å². The molecular formula is C23H38O4. The summed E-state index contributed by atoms with van der Waals surface area (Å²) in [5.74, 6) is 0.779. The third-order valence-electron chi connectivity index (χ3n) is 6.22. The van der Waals surface area contributed by atoms with Gasteiger partial charge in [-0.3, -0.25) is 4.79 Å². The summed E-state index contributed by atoms with van der Waals surface area (Å²) in [5, 5.41) is 0. The van der Waals surface area contributed by atoms with E-state index in [1.54, 1.807) is 7.11 Å². The van der Waals surface area contributed by atoms with Crippen LogP contribution < -0.4 is 0 Å². The summed E-state index contributed by atoms with van der Waals surface area (Å²) in [6.45, 7) is 12.4. The van der Waals surface area contributed by atoms with Crippen LogP contribution >= 0.6 is 0 Å². The Morgan fingerprint density at radius 3 is 2.59 bits per heavy atom. The van der Waals surface area contributed by atoms with Crippen molar-refractivity contribution in [3.63, 3.8) is 0 Å². The first kappa shape index (κ1) is 22.2.